The van der Waals surface area contributed by atoms with Crippen molar-refractivity contribution in [2.24, 2.45) is 0 Å². The van der Waals surface area contributed by atoms with Gasteiger partial charge in [-0.05, 0) is 75.8 Å². The van der Waals surface area contributed by atoms with Crippen LogP contribution in [0.25, 0.3) is 0 Å². The van der Waals surface area contributed by atoms with E-state index >= 15 is 0 Å². The van der Waals surface area contributed by atoms with Crippen molar-refractivity contribution in [1.82, 2.24) is 19.8 Å². The fraction of sp³-hybridized carbons (Fsp3) is 0.364. The molecule has 1 fully saturated rings. The molecule has 2 atom stereocenters. The summed E-state index contributed by atoms with van der Waals surface area (Å²) < 4.78 is 7.88. The van der Waals surface area contributed by atoms with Crippen molar-refractivity contribution in [3.8, 4) is 0 Å². The zero-order valence-corrected chi connectivity index (χ0v) is 17.5. The molecule has 5 nitrogen and oxygen atoms in total. The molecule has 28 heavy (non-hydrogen) atoms. The largest absolute Gasteiger partial charge is 0.467 e. The lowest BCUT2D eigenvalue weighted by Gasteiger charge is -2.31. The van der Waals surface area contributed by atoms with Gasteiger partial charge < -0.3 is 19.2 Å². The number of pyridine rings is 1. The van der Waals surface area contributed by atoms with E-state index in [4.69, 9.17) is 16.6 Å². The molecule has 1 N–H and O–H groups in total. The molecule has 4 heterocycles. The third kappa shape index (κ3) is 3.22. The zero-order chi connectivity index (χ0) is 19.8. The Morgan fingerprint density at radius 1 is 1.21 bits per heavy atom. The number of aryl methyl sites for hydroxylation is 1. The average Bonchev–Trinajstić information content (AvgIpc) is 3.37. The maximum Gasteiger partial charge on any atom is 0.170 e. The number of thiocarbonyl (C=S) groups is 1. The molecule has 0 aromatic carbocycles. The molecular formula is C22H26N4OS. The first-order valence-electron chi connectivity index (χ1n) is 9.66. The van der Waals surface area contributed by atoms with E-state index in [9.17, 15) is 0 Å². The second-order valence-electron chi connectivity index (χ2n) is 7.62. The van der Waals surface area contributed by atoms with E-state index in [0.717, 1.165) is 23.1 Å². The van der Waals surface area contributed by atoms with Gasteiger partial charge in [0.25, 0.3) is 0 Å². The van der Waals surface area contributed by atoms with Gasteiger partial charge in [-0.15, -0.1) is 0 Å². The Bertz CT molecular complexity index is 962. The number of nitrogens with zero attached hydrogens (tertiary/aromatic N) is 3. The monoisotopic (exact) mass is 394 g/mol. The van der Waals surface area contributed by atoms with Gasteiger partial charge >= 0.3 is 0 Å². The molecule has 0 radical (unpaired) electrons. The minimum Gasteiger partial charge on any atom is -0.467 e. The van der Waals surface area contributed by atoms with Crippen molar-refractivity contribution in [2.75, 3.05) is 0 Å². The van der Waals surface area contributed by atoms with Crippen LogP contribution in [-0.2, 0) is 6.54 Å². The van der Waals surface area contributed by atoms with E-state index < -0.39 is 0 Å². The minimum atomic E-state index is 0.0219. The quantitative estimate of drug-likeness (QED) is 0.645. The van der Waals surface area contributed by atoms with Gasteiger partial charge in [0.05, 0.1) is 30.6 Å². The van der Waals surface area contributed by atoms with Crippen molar-refractivity contribution in [3.05, 3.63) is 77.3 Å². The molecule has 0 amide bonds. The summed E-state index contributed by atoms with van der Waals surface area (Å²) in [5.74, 6) is 0.954. The van der Waals surface area contributed by atoms with E-state index in [1.54, 1.807) is 6.26 Å². The second kappa shape index (κ2) is 7.43. The van der Waals surface area contributed by atoms with Crippen LogP contribution in [0, 0.1) is 13.8 Å². The Hall–Kier alpha value is -2.60. The highest BCUT2D eigenvalue weighted by Crippen LogP contribution is 2.41. The van der Waals surface area contributed by atoms with Crippen molar-refractivity contribution in [3.63, 3.8) is 0 Å². The molecule has 0 bridgehead atoms. The Morgan fingerprint density at radius 3 is 2.68 bits per heavy atom. The Morgan fingerprint density at radius 2 is 2.04 bits per heavy atom. The Balaban J connectivity index is 1.78. The fourth-order valence-corrected chi connectivity index (χ4v) is 4.63. The summed E-state index contributed by atoms with van der Waals surface area (Å²) in [6.07, 6.45) is 3.57. The molecule has 0 saturated carbocycles. The summed E-state index contributed by atoms with van der Waals surface area (Å²) in [6.45, 7) is 9.43. The van der Waals surface area contributed by atoms with Crippen LogP contribution in [-0.4, -0.2) is 25.6 Å². The van der Waals surface area contributed by atoms with Crippen LogP contribution < -0.4 is 5.32 Å². The average molecular weight is 395 g/mol. The first-order chi connectivity index (χ1) is 13.5. The third-order valence-electron chi connectivity index (χ3n) is 5.52. The van der Waals surface area contributed by atoms with Gasteiger partial charge in [-0.2, -0.15) is 0 Å². The third-order valence-corrected chi connectivity index (χ3v) is 5.85. The van der Waals surface area contributed by atoms with Crippen LogP contribution in [0.4, 0.5) is 0 Å². The van der Waals surface area contributed by atoms with Crippen LogP contribution in [0.3, 0.4) is 0 Å². The van der Waals surface area contributed by atoms with Gasteiger partial charge in [0, 0.05) is 23.6 Å². The highest BCUT2D eigenvalue weighted by molar-refractivity contribution is 7.80. The minimum absolute atomic E-state index is 0.0219. The van der Waals surface area contributed by atoms with E-state index in [2.05, 4.69) is 59.6 Å². The first-order valence-corrected chi connectivity index (χ1v) is 10.1. The Labute approximate surface area is 171 Å². The number of furan rings is 1. The SMILES string of the molecule is Cc1cc(C2C(c3ccccn3)NC(=S)N2C(C)C)c(C)n1Cc1ccco1. The molecule has 4 rings (SSSR count). The lowest BCUT2D eigenvalue weighted by atomic mass is 9.96. The van der Waals surface area contributed by atoms with Crippen LogP contribution in [0.1, 0.15) is 54.3 Å². The zero-order valence-electron chi connectivity index (χ0n) is 16.7. The summed E-state index contributed by atoms with van der Waals surface area (Å²) in [5, 5.41) is 4.30. The molecule has 0 spiro atoms. The van der Waals surface area contributed by atoms with Gasteiger partial charge in [-0.25, -0.2) is 0 Å². The normalized spacial score (nSPS) is 19.5. The smallest absolute Gasteiger partial charge is 0.170 e. The van der Waals surface area contributed by atoms with Crippen molar-refractivity contribution in [2.45, 2.75) is 52.4 Å². The van der Waals surface area contributed by atoms with Crippen molar-refractivity contribution in [1.29, 1.82) is 0 Å². The number of hydrogen-bond acceptors (Lipinski definition) is 3. The lowest BCUT2D eigenvalue weighted by molar-refractivity contribution is 0.268. The maximum atomic E-state index is 5.71. The maximum absolute atomic E-state index is 5.71. The molecule has 1 saturated heterocycles. The lowest BCUT2D eigenvalue weighted by Crippen LogP contribution is -2.35. The topological polar surface area (TPSA) is 46.2 Å². The summed E-state index contributed by atoms with van der Waals surface area (Å²) in [7, 11) is 0. The van der Waals surface area contributed by atoms with Crippen LogP contribution in [0.2, 0.25) is 0 Å². The van der Waals surface area contributed by atoms with Crippen LogP contribution in [0.5, 0.6) is 0 Å². The standard InChI is InChI=1S/C22H26N4OS/c1-14(2)26-21(20(24-22(26)28)19-9-5-6-10-23-19)18-12-15(3)25(16(18)4)13-17-8-7-11-27-17/h5-12,14,20-21H,13H2,1-4H3,(H,24,28). The molecule has 3 aromatic heterocycles. The molecule has 6 heteroatoms. The predicted molar refractivity (Wildman–Crippen MR) is 114 cm³/mol. The van der Waals surface area contributed by atoms with E-state index in [1.807, 2.05) is 30.5 Å². The molecule has 1 aliphatic heterocycles. The summed E-state index contributed by atoms with van der Waals surface area (Å²) >= 11 is 5.71. The van der Waals surface area contributed by atoms with Crippen LogP contribution in [0.15, 0.2) is 53.3 Å². The van der Waals surface area contributed by atoms with Crippen LogP contribution >= 0.6 is 12.2 Å². The molecule has 1 aliphatic rings. The molecule has 3 aromatic rings. The fourth-order valence-electron chi connectivity index (χ4n) is 4.18. The molecule has 0 aliphatic carbocycles. The molecular weight excluding hydrogens is 368 g/mol. The van der Waals surface area contributed by atoms with E-state index in [1.165, 1.54) is 17.0 Å². The summed E-state index contributed by atoms with van der Waals surface area (Å²) in [4.78, 5) is 6.91. The molecule has 2 unspecified atom stereocenters. The molecule has 146 valence electrons. The van der Waals surface area contributed by atoms with Gasteiger partial charge in [0.1, 0.15) is 5.76 Å². The second-order valence-corrected chi connectivity index (χ2v) is 8.01. The van der Waals surface area contributed by atoms with Gasteiger partial charge in [-0.1, -0.05) is 6.07 Å². The summed E-state index contributed by atoms with van der Waals surface area (Å²) in [5.41, 5.74) is 4.73. The predicted octanol–water partition coefficient (Wildman–Crippen LogP) is 4.52. The summed E-state index contributed by atoms with van der Waals surface area (Å²) in [6, 6.07) is 12.7. The van der Waals surface area contributed by atoms with E-state index in [-0.39, 0.29) is 18.1 Å². The number of rotatable bonds is 5. The highest BCUT2D eigenvalue weighted by atomic mass is 32.1. The van der Waals surface area contributed by atoms with Crippen molar-refractivity contribution >= 4 is 17.3 Å². The first kappa shape index (κ1) is 18.7. The van der Waals surface area contributed by atoms with Gasteiger partial charge in [0.2, 0.25) is 0 Å². The number of aromatic nitrogens is 2. The van der Waals surface area contributed by atoms with E-state index in [0.29, 0.717) is 0 Å². The highest BCUT2D eigenvalue weighted by Gasteiger charge is 2.42. The van der Waals surface area contributed by atoms with Gasteiger partial charge in [0.15, 0.2) is 5.11 Å². The Kier molecular flexibility index (Phi) is 4.98. The number of nitrogens with one attached hydrogen (secondary N) is 1. The van der Waals surface area contributed by atoms with Gasteiger partial charge in [-0.3, -0.25) is 4.98 Å². The van der Waals surface area contributed by atoms with Crippen molar-refractivity contribution < 1.29 is 4.42 Å². The number of hydrogen-bond donors (Lipinski definition) is 1.